The first-order valence-electron chi connectivity index (χ1n) is 11.0. The molecule has 2 aromatic heterocycles. The van der Waals surface area contributed by atoms with Crippen molar-refractivity contribution in [2.75, 3.05) is 38.1 Å². The van der Waals surface area contributed by atoms with Crippen LogP contribution >= 0.6 is 11.8 Å². The second kappa shape index (κ2) is 9.34. The van der Waals surface area contributed by atoms with Gasteiger partial charge in [-0.05, 0) is 32.0 Å². The third-order valence-electron chi connectivity index (χ3n) is 5.73. The van der Waals surface area contributed by atoms with Crippen LogP contribution in [0.15, 0.2) is 58.1 Å². The van der Waals surface area contributed by atoms with Crippen molar-refractivity contribution in [3.05, 3.63) is 60.1 Å². The number of hydrogen-bond acceptors (Lipinski definition) is 7. The third kappa shape index (κ3) is 5.14. The number of aromatic nitrogens is 2. The van der Waals surface area contributed by atoms with Gasteiger partial charge in [-0.15, -0.1) is 0 Å². The number of furan rings is 1. The lowest BCUT2D eigenvalue weighted by Gasteiger charge is -2.33. The minimum absolute atomic E-state index is 0.136. The number of hydrogen-bond donors (Lipinski definition) is 1. The Bertz CT molecular complexity index is 1080. The zero-order valence-electron chi connectivity index (χ0n) is 18.2. The third-order valence-corrected chi connectivity index (χ3v) is 6.60. The van der Waals surface area contributed by atoms with Gasteiger partial charge in [0.15, 0.2) is 10.9 Å². The van der Waals surface area contributed by atoms with Crippen molar-refractivity contribution < 1.29 is 9.21 Å². The van der Waals surface area contributed by atoms with E-state index in [0.29, 0.717) is 22.7 Å². The minimum Gasteiger partial charge on any atom is -0.455 e. The van der Waals surface area contributed by atoms with Gasteiger partial charge in [0.25, 0.3) is 5.91 Å². The summed E-state index contributed by atoms with van der Waals surface area (Å²) in [5.74, 6) is 2.49. The Labute approximate surface area is 192 Å². The summed E-state index contributed by atoms with van der Waals surface area (Å²) in [6.45, 7) is 3.93. The van der Waals surface area contributed by atoms with Crippen LogP contribution < -0.4 is 10.2 Å². The van der Waals surface area contributed by atoms with E-state index in [1.165, 1.54) is 11.8 Å². The van der Waals surface area contributed by atoms with Crippen molar-refractivity contribution >= 4 is 23.5 Å². The lowest BCUT2D eigenvalue weighted by Crippen LogP contribution is -2.44. The van der Waals surface area contributed by atoms with Crippen LogP contribution in [-0.2, 0) is 5.75 Å². The summed E-state index contributed by atoms with van der Waals surface area (Å²) in [6, 6.07) is 16.2. The van der Waals surface area contributed by atoms with Crippen molar-refractivity contribution in [3.63, 3.8) is 0 Å². The highest BCUT2D eigenvalue weighted by atomic mass is 32.2. The first-order valence-corrected chi connectivity index (χ1v) is 12.0. The summed E-state index contributed by atoms with van der Waals surface area (Å²) in [7, 11) is 2.15. The Morgan fingerprint density at radius 2 is 1.88 bits per heavy atom. The number of anilines is 1. The summed E-state index contributed by atoms with van der Waals surface area (Å²) in [5.41, 5.74) is 1.99. The first kappa shape index (κ1) is 21.0. The number of thioether (sulfide) groups is 1. The second-order valence-electron chi connectivity index (χ2n) is 8.35. The normalized spacial score (nSPS) is 16.8. The lowest BCUT2D eigenvalue weighted by atomic mass is 10.1. The molecule has 1 saturated carbocycles. The van der Waals surface area contributed by atoms with Crippen molar-refractivity contribution in [1.29, 1.82) is 0 Å². The zero-order valence-corrected chi connectivity index (χ0v) is 19.0. The fourth-order valence-corrected chi connectivity index (χ4v) is 4.38. The maximum absolute atomic E-state index is 12.2. The monoisotopic (exact) mass is 449 g/mol. The fourth-order valence-electron chi connectivity index (χ4n) is 3.63. The van der Waals surface area contributed by atoms with Crippen LogP contribution in [0, 0.1) is 0 Å². The van der Waals surface area contributed by atoms with E-state index in [-0.39, 0.29) is 5.91 Å². The molecular formula is C24H27N5O2S. The average Bonchev–Trinajstić information content (AvgIpc) is 3.51. The smallest absolute Gasteiger partial charge is 0.287 e. The molecule has 1 N–H and O–H groups in total. The largest absolute Gasteiger partial charge is 0.455 e. The topological polar surface area (TPSA) is 74.5 Å². The van der Waals surface area contributed by atoms with E-state index in [2.05, 4.69) is 40.4 Å². The highest BCUT2D eigenvalue weighted by Gasteiger charge is 2.25. The molecule has 0 bridgehead atoms. The summed E-state index contributed by atoms with van der Waals surface area (Å²) in [6.07, 6.45) is 2.11. The van der Waals surface area contributed by atoms with E-state index in [1.807, 2.05) is 24.3 Å². The van der Waals surface area contributed by atoms with Crippen LogP contribution in [-0.4, -0.2) is 60.0 Å². The molecule has 0 unspecified atom stereocenters. The Morgan fingerprint density at radius 1 is 1.09 bits per heavy atom. The number of likely N-dealkylation sites (N-methyl/N-ethyl adjacent to an activating group) is 1. The molecule has 0 atom stereocenters. The van der Waals surface area contributed by atoms with Crippen LogP contribution in [0.1, 0.15) is 29.2 Å². The van der Waals surface area contributed by atoms with E-state index in [4.69, 9.17) is 14.4 Å². The molecule has 2 fully saturated rings. The van der Waals surface area contributed by atoms with Crippen molar-refractivity contribution in [2.45, 2.75) is 29.8 Å². The molecule has 5 rings (SSSR count). The summed E-state index contributed by atoms with van der Waals surface area (Å²) < 4.78 is 5.76. The molecule has 1 amide bonds. The molecule has 1 aliphatic carbocycles. The van der Waals surface area contributed by atoms with Gasteiger partial charge in [0.05, 0.1) is 11.4 Å². The molecule has 0 spiro atoms. The Kier molecular flexibility index (Phi) is 6.14. The number of amides is 1. The summed E-state index contributed by atoms with van der Waals surface area (Å²) in [5, 5.41) is 3.67. The number of carbonyl (C=O) groups excluding carboxylic acids is 1. The van der Waals surface area contributed by atoms with Crippen molar-refractivity contribution in [3.8, 4) is 11.3 Å². The van der Waals surface area contributed by atoms with E-state index in [0.717, 1.165) is 61.9 Å². The minimum atomic E-state index is -0.136. The second-order valence-corrected chi connectivity index (χ2v) is 9.30. The summed E-state index contributed by atoms with van der Waals surface area (Å²) >= 11 is 1.53. The molecule has 3 aromatic rings. The summed E-state index contributed by atoms with van der Waals surface area (Å²) in [4.78, 5) is 26.5. The number of nitrogens with one attached hydrogen (secondary N) is 1. The van der Waals surface area contributed by atoms with Crippen molar-refractivity contribution in [1.82, 2.24) is 20.2 Å². The number of piperazine rings is 1. The van der Waals surface area contributed by atoms with Crippen LogP contribution in [0.4, 0.5) is 5.82 Å². The lowest BCUT2D eigenvalue weighted by molar-refractivity contribution is 0.0922. The van der Waals surface area contributed by atoms with Gasteiger partial charge in [0, 0.05) is 43.9 Å². The van der Waals surface area contributed by atoms with Gasteiger partial charge in [-0.25, -0.2) is 9.97 Å². The number of nitrogens with zero attached hydrogens (tertiary/aromatic N) is 4. The van der Waals surface area contributed by atoms with Gasteiger partial charge in [0.1, 0.15) is 11.6 Å². The van der Waals surface area contributed by atoms with Crippen LogP contribution in [0.3, 0.4) is 0 Å². The molecule has 0 radical (unpaired) electrons. The number of carbonyl (C=O) groups is 1. The highest BCUT2D eigenvalue weighted by molar-refractivity contribution is 7.98. The zero-order chi connectivity index (χ0) is 21.9. The van der Waals surface area contributed by atoms with Crippen molar-refractivity contribution in [2.24, 2.45) is 0 Å². The Hall–Kier alpha value is -2.84. The standard InChI is InChI=1S/C24H27N5O2S/c1-28-11-13-29(14-12-28)22-15-20(17-5-3-2-4-6-17)26-24(27-22)32-16-19-9-10-21(31-19)23(30)25-18-7-8-18/h2-6,9-10,15,18H,7-8,11-14,16H2,1H3,(H,25,30). The maximum Gasteiger partial charge on any atom is 0.287 e. The first-order chi connectivity index (χ1) is 15.6. The van der Waals surface area contributed by atoms with Gasteiger partial charge in [-0.3, -0.25) is 4.79 Å². The van der Waals surface area contributed by atoms with E-state index in [1.54, 1.807) is 6.07 Å². The Balaban J connectivity index is 1.33. The molecule has 32 heavy (non-hydrogen) atoms. The molecule has 166 valence electrons. The molecular weight excluding hydrogens is 422 g/mol. The number of benzene rings is 1. The number of rotatable bonds is 7. The molecule has 2 aliphatic rings. The Morgan fingerprint density at radius 3 is 2.62 bits per heavy atom. The van der Waals surface area contributed by atoms with Crippen LogP contribution in [0.5, 0.6) is 0 Å². The van der Waals surface area contributed by atoms with Gasteiger partial charge in [-0.1, -0.05) is 42.1 Å². The van der Waals surface area contributed by atoms with E-state index < -0.39 is 0 Å². The molecule has 8 heteroatoms. The molecule has 7 nitrogen and oxygen atoms in total. The molecule has 1 saturated heterocycles. The van der Waals surface area contributed by atoms with E-state index in [9.17, 15) is 4.79 Å². The van der Waals surface area contributed by atoms with Gasteiger partial charge in [-0.2, -0.15) is 0 Å². The molecule has 3 heterocycles. The SMILES string of the molecule is CN1CCN(c2cc(-c3ccccc3)nc(SCc3ccc(C(=O)NC4CC4)o3)n2)CC1. The quantitative estimate of drug-likeness (QED) is 0.436. The van der Waals surface area contributed by atoms with Gasteiger partial charge >= 0.3 is 0 Å². The van der Waals surface area contributed by atoms with Crippen LogP contribution in [0.2, 0.25) is 0 Å². The predicted octanol–water partition coefficient (Wildman–Crippen LogP) is 3.67. The highest BCUT2D eigenvalue weighted by Crippen LogP contribution is 2.28. The van der Waals surface area contributed by atoms with Crippen LogP contribution in [0.25, 0.3) is 11.3 Å². The predicted molar refractivity (Wildman–Crippen MR) is 126 cm³/mol. The fraction of sp³-hybridized carbons (Fsp3) is 0.375. The molecule has 1 aromatic carbocycles. The van der Waals surface area contributed by atoms with Gasteiger partial charge < -0.3 is 19.5 Å². The average molecular weight is 450 g/mol. The maximum atomic E-state index is 12.2. The molecule has 1 aliphatic heterocycles. The van der Waals surface area contributed by atoms with Gasteiger partial charge in [0.2, 0.25) is 0 Å². The van der Waals surface area contributed by atoms with E-state index >= 15 is 0 Å².